The number of methoxy groups -OCH3 is 1. The van der Waals surface area contributed by atoms with Crippen LogP contribution >= 0.6 is 0 Å². The molecular weight excluding hydrogens is 359 g/mol. The van der Waals surface area contributed by atoms with Gasteiger partial charge in [0.05, 0.1) is 12.2 Å². The van der Waals surface area contributed by atoms with Crippen molar-refractivity contribution in [1.29, 1.82) is 0 Å². The molecule has 0 spiro atoms. The van der Waals surface area contributed by atoms with Crippen LogP contribution in [-0.4, -0.2) is 50.6 Å². The van der Waals surface area contributed by atoms with Crippen LogP contribution in [0.4, 0.5) is 4.39 Å². The van der Waals surface area contributed by atoms with Gasteiger partial charge in [-0.15, -0.1) is 0 Å². The van der Waals surface area contributed by atoms with Crippen LogP contribution in [0.3, 0.4) is 0 Å². The lowest BCUT2D eigenvalue weighted by Gasteiger charge is -2.29. The lowest BCUT2D eigenvalue weighted by Crippen LogP contribution is -2.39. The summed E-state index contributed by atoms with van der Waals surface area (Å²) in [7, 11) is 3.09. The molecule has 0 fully saturated rings. The summed E-state index contributed by atoms with van der Waals surface area (Å²) in [6.07, 6.45) is 1.32. The first-order chi connectivity index (χ1) is 13.4. The van der Waals surface area contributed by atoms with Gasteiger partial charge in [0.25, 0.3) is 11.8 Å². The molecule has 0 aromatic heterocycles. The first kappa shape index (κ1) is 20.0. The molecule has 148 valence electrons. The number of aryl methyl sites for hydroxylation is 1. The number of carbonyl (C=O) groups excluding carboxylic acids is 2. The van der Waals surface area contributed by atoms with E-state index < -0.39 is 11.7 Å². The van der Waals surface area contributed by atoms with Crippen LogP contribution < -0.4 is 5.32 Å². The number of nitrogens with zero attached hydrogens (tertiary/aromatic N) is 1. The molecule has 5 nitrogen and oxygen atoms in total. The molecule has 0 unspecified atom stereocenters. The lowest BCUT2D eigenvalue weighted by atomic mass is 9.90. The van der Waals surface area contributed by atoms with Gasteiger partial charge in [0.2, 0.25) is 0 Å². The second-order valence-corrected chi connectivity index (χ2v) is 7.04. The molecule has 1 heterocycles. The summed E-state index contributed by atoms with van der Waals surface area (Å²) in [4.78, 5) is 26.3. The molecule has 0 bridgehead atoms. The normalized spacial score (nSPS) is 13.4. The van der Waals surface area contributed by atoms with Crippen molar-refractivity contribution < 1.29 is 18.7 Å². The number of amides is 2. The minimum atomic E-state index is -0.547. The Hall–Kier alpha value is -2.73. The molecule has 28 heavy (non-hydrogen) atoms. The topological polar surface area (TPSA) is 58.6 Å². The van der Waals surface area contributed by atoms with E-state index in [0.717, 1.165) is 28.7 Å². The standard InChI is InChI=1S/C22H25FN2O3/c1-14-10-16-6-7-25(8-9-28-3)22(27)19(16)13-17(14)11-15-4-5-18(20(23)12-15)21(26)24-2/h4-5,10,12-13H,6-9,11H2,1-3H3,(H,24,26). The third-order valence-electron chi connectivity index (χ3n) is 5.20. The SMILES string of the molecule is CNC(=O)c1ccc(Cc2cc3c(cc2C)CCN(CCOC)C3=O)cc1F. The molecule has 2 amide bonds. The van der Waals surface area contributed by atoms with Gasteiger partial charge in [-0.1, -0.05) is 12.1 Å². The van der Waals surface area contributed by atoms with E-state index in [1.807, 2.05) is 17.9 Å². The summed E-state index contributed by atoms with van der Waals surface area (Å²) in [5.74, 6) is -0.981. The van der Waals surface area contributed by atoms with E-state index in [1.165, 1.54) is 19.2 Å². The van der Waals surface area contributed by atoms with Crippen LogP contribution in [-0.2, 0) is 17.6 Å². The highest BCUT2D eigenvalue weighted by Crippen LogP contribution is 2.25. The van der Waals surface area contributed by atoms with Crippen LogP contribution in [0.25, 0.3) is 0 Å². The minimum Gasteiger partial charge on any atom is -0.383 e. The number of ether oxygens (including phenoxy) is 1. The van der Waals surface area contributed by atoms with Crippen molar-refractivity contribution in [2.45, 2.75) is 19.8 Å². The van der Waals surface area contributed by atoms with E-state index in [0.29, 0.717) is 31.7 Å². The summed E-state index contributed by atoms with van der Waals surface area (Å²) in [5.41, 5.74) is 4.61. The van der Waals surface area contributed by atoms with E-state index in [2.05, 4.69) is 11.4 Å². The zero-order chi connectivity index (χ0) is 20.3. The molecule has 2 aromatic rings. The van der Waals surface area contributed by atoms with Crippen molar-refractivity contribution in [1.82, 2.24) is 10.2 Å². The number of hydrogen-bond donors (Lipinski definition) is 1. The lowest BCUT2D eigenvalue weighted by molar-refractivity contribution is 0.0678. The fourth-order valence-corrected chi connectivity index (χ4v) is 3.56. The second-order valence-electron chi connectivity index (χ2n) is 7.04. The monoisotopic (exact) mass is 384 g/mol. The van der Waals surface area contributed by atoms with Crippen LogP contribution in [0, 0.1) is 12.7 Å². The quantitative estimate of drug-likeness (QED) is 0.833. The van der Waals surface area contributed by atoms with Gasteiger partial charge >= 0.3 is 0 Å². The van der Waals surface area contributed by atoms with Gasteiger partial charge in [0.1, 0.15) is 5.82 Å². The van der Waals surface area contributed by atoms with Crippen molar-refractivity contribution in [3.8, 4) is 0 Å². The molecule has 1 aliphatic heterocycles. The third kappa shape index (κ3) is 4.07. The first-order valence-electron chi connectivity index (χ1n) is 9.35. The van der Waals surface area contributed by atoms with Crippen LogP contribution in [0.1, 0.15) is 43.0 Å². The molecule has 0 atom stereocenters. The Balaban J connectivity index is 1.86. The van der Waals surface area contributed by atoms with E-state index >= 15 is 0 Å². The molecular formula is C22H25FN2O3. The second kappa shape index (κ2) is 8.52. The zero-order valence-corrected chi connectivity index (χ0v) is 16.5. The molecule has 1 aliphatic rings. The highest BCUT2D eigenvalue weighted by atomic mass is 19.1. The fraction of sp³-hybridized carbons (Fsp3) is 0.364. The van der Waals surface area contributed by atoms with Gasteiger partial charge in [0, 0.05) is 32.8 Å². The first-order valence-corrected chi connectivity index (χ1v) is 9.35. The zero-order valence-electron chi connectivity index (χ0n) is 16.5. The average molecular weight is 384 g/mol. The van der Waals surface area contributed by atoms with E-state index in [1.54, 1.807) is 13.2 Å². The highest BCUT2D eigenvalue weighted by Gasteiger charge is 2.25. The van der Waals surface area contributed by atoms with Gasteiger partial charge in [-0.2, -0.15) is 0 Å². The predicted molar refractivity (Wildman–Crippen MR) is 105 cm³/mol. The number of carbonyl (C=O) groups is 2. The number of hydrogen-bond acceptors (Lipinski definition) is 3. The Morgan fingerprint density at radius 1 is 1.29 bits per heavy atom. The van der Waals surface area contributed by atoms with Crippen molar-refractivity contribution in [2.75, 3.05) is 33.9 Å². The third-order valence-corrected chi connectivity index (χ3v) is 5.20. The molecule has 0 aliphatic carbocycles. The van der Waals surface area contributed by atoms with E-state index in [9.17, 15) is 14.0 Å². The van der Waals surface area contributed by atoms with Crippen LogP contribution in [0.15, 0.2) is 30.3 Å². The smallest absolute Gasteiger partial charge is 0.254 e. The van der Waals surface area contributed by atoms with Gasteiger partial charge in [-0.05, 0) is 60.2 Å². The summed E-state index contributed by atoms with van der Waals surface area (Å²) < 4.78 is 19.4. The molecule has 3 rings (SSSR count). The van der Waals surface area contributed by atoms with Crippen molar-refractivity contribution in [2.24, 2.45) is 0 Å². The molecule has 0 saturated heterocycles. The highest BCUT2D eigenvalue weighted by molar-refractivity contribution is 5.97. The Morgan fingerprint density at radius 2 is 2.07 bits per heavy atom. The maximum Gasteiger partial charge on any atom is 0.254 e. The summed E-state index contributed by atoms with van der Waals surface area (Å²) >= 11 is 0. The predicted octanol–water partition coefficient (Wildman–Crippen LogP) is 2.73. The number of fused-ring (bicyclic) bond motifs is 1. The maximum absolute atomic E-state index is 14.3. The molecule has 0 radical (unpaired) electrons. The Bertz CT molecular complexity index is 911. The average Bonchev–Trinajstić information content (AvgIpc) is 2.68. The minimum absolute atomic E-state index is 0.0145. The van der Waals surface area contributed by atoms with Gasteiger partial charge in [-0.3, -0.25) is 9.59 Å². The van der Waals surface area contributed by atoms with E-state index in [4.69, 9.17) is 4.74 Å². The molecule has 2 aromatic carbocycles. The van der Waals surface area contributed by atoms with Crippen molar-refractivity contribution in [3.05, 3.63) is 69.5 Å². The molecule has 0 saturated carbocycles. The number of benzene rings is 2. The largest absolute Gasteiger partial charge is 0.383 e. The summed E-state index contributed by atoms with van der Waals surface area (Å²) in [5, 5.41) is 2.43. The summed E-state index contributed by atoms with van der Waals surface area (Å²) in [6.45, 7) is 3.79. The van der Waals surface area contributed by atoms with Crippen LogP contribution in [0.5, 0.6) is 0 Å². The molecule has 6 heteroatoms. The van der Waals surface area contributed by atoms with E-state index in [-0.39, 0.29) is 11.5 Å². The maximum atomic E-state index is 14.3. The number of rotatable bonds is 6. The Kier molecular flexibility index (Phi) is 6.09. The van der Waals surface area contributed by atoms with Gasteiger partial charge < -0.3 is 15.0 Å². The van der Waals surface area contributed by atoms with Gasteiger partial charge in [-0.25, -0.2) is 4.39 Å². The fourth-order valence-electron chi connectivity index (χ4n) is 3.56. The van der Waals surface area contributed by atoms with Gasteiger partial charge in [0.15, 0.2) is 0 Å². The Labute approximate surface area is 164 Å². The summed E-state index contributed by atoms with van der Waals surface area (Å²) in [6, 6.07) is 8.62. The number of nitrogens with one attached hydrogen (secondary N) is 1. The molecule has 1 N–H and O–H groups in total. The van der Waals surface area contributed by atoms with Crippen molar-refractivity contribution in [3.63, 3.8) is 0 Å². The Morgan fingerprint density at radius 3 is 2.75 bits per heavy atom. The van der Waals surface area contributed by atoms with Crippen LogP contribution in [0.2, 0.25) is 0 Å². The van der Waals surface area contributed by atoms with Crippen molar-refractivity contribution >= 4 is 11.8 Å². The number of halogens is 1.